The number of rotatable bonds is 5. The van der Waals surface area contributed by atoms with E-state index in [1.54, 1.807) is 12.1 Å². The number of carbonyl (C=O) groups excluding carboxylic acids is 2. The Morgan fingerprint density at radius 1 is 1.15 bits per heavy atom. The molecule has 0 bridgehead atoms. The van der Waals surface area contributed by atoms with Crippen molar-refractivity contribution in [3.8, 4) is 5.75 Å². The molecule has 1 aliphatic rings. The fraction of sp³-hybridized carbons (Fsp3) is 0.200. The number of methoxy groups -OCH3 is 1. The lowest BCUT2D eigenvalue weighted by Crippen LogP contribution is -2.29. The second kappa shape index (κ2) is 8.96. The lowest BCUT2D eigenvalue weighted by atomic mass is 9.98. The molecule has 1 unspecified atom stereocenters. The molecule has 6 nitrogen and oxygen atoms in total. The van der Waals surface area contributed by atoms with Crippen LogP contribution in [0.2, 0.25) is 10.0 Å². The maximum atomic E-state index is 13.2. The number of aryl methyl sites for hydroxylation is 2. The van der Waals surface area contributed by atoms with Gasteiger partial charge in [-0.25, -0.2) is 0 Å². The Labute approximate surface area is 201 Å². The topological polar surface area (TPSA) is 80.0 Å². The number of amides is 1. The van der Waals surface area contributed by atoms with Gasteiger partial charge in [0.15, 0.2) is 0 Å². The number of benzene rings is 2. The molecule has 33 heavy (non-hydrogen) atoms. The Kier molecular flexibility index (Phi) is 6.23. The van der Waals surface area contributed by atoms with E-state index in [0.29, 0.717) is 5.76 Å². The highest BCUT2D eigenvalue weighted by molar-refractivity contribution is 6.46. The Balaban J connectivity index is 1.91. The number of aliphatic hydroxyl groups is 1. The number of halogens is 2. The molecule has 1 saturated heterocycles. The molecule has 2 heterocycles. The van der Waals surface area contributed by atoms with Gasteiger partial charge in [0.1, 0.15) is 23.3 Å². The summed E-state index contributed by atoms with van der Waals surface area (Å²) in [5.41, 5.74) is 2.87. The zero-order valence-electron chi connectivity index (χ0n) is 18.2. The van der Waals surface area contributed by atoms with E-state index in [9.17, 15) is 14.7 Å². The number of ketones is 1. The van der Waals surface area contributed by atoms with Crippen molar-refractivity contribution in [2.75, 3.05) is 7.11 Å². The summed E-state index contributed by atoms with van der Waals surface area (Å²) in [6.07, 6.45) is 1.45. The maximum Gasteiger partial charge on any atom is 0.296 e. The summed E-state index contributed by atoms with van der Waals surface area (Å²) < 4.78 is 10.9. The average Bonchev–Trinajstić information content (AvgIpc) is 3.38. The van der Waals surface area contributed by atoms with Gasteiger partial charge in [-0.05, 0) is 49.2 Å². The van der Waals surface area contributed by atoms with Crippen LogP contribution in [0.25, 0.3) is 5.76 Å². The van der Waals surface area contributed by atoms with Crippen LogP contribution in [0.3, 0.4) is 0 Å². The molecular formula is C25H21Cl2NO5. The van der Waals surface area contributed by atoms with Crippen molar-refractivity contribution < 1.29 is 23.8 Å². The van der Waals surface area contributed by atoms with E-state index in [0.717, 1.165) is 16.7 Å². The maximum absolute atomic E-state index is 13.2. The first-order chi connectivity index (χ1) is 15.7. The van der Waals surface area contributed by atoms with E-state index in [1.165, 1.54) is 30.4 Å². The first-order valence-electron chi connectivity index (χ1n) is 10.1. The number of likely N-dealkylation sites (tertiary alicyclic amines) is 1. The molecular weight excluding hydrogens is 465 g/mol. The van der Waals surface area contributed by atoms with Gasteiger partial charge in [0.2, 0.25) is 0 Å². The number of Topliss-reactive ketones (excluding diaryl/α,β-unsaturated/α-hetero) is 1. The molecule has 1 amide bonds. The fourth-order valence-corrected chi connectivity index (χ4v) is 4.60. The minimum atomic E-state index is -0.942. The lowest BCUT2D eigenvalue weighted by molar-refractivity contribution is -0.140. The van der Waals surface area contributed by atoms with E-state index >= 15 is 0 Å². The smallest absolute Gasteiger partial charge is 0.296 e. The normalized spacial score (nSPS) is 17.6. The van der Waals surface area contributed by atoms with Gasteiger partial charge in [0, 0.05) is 11.6 Å². The molecule has 1 N–H and O–H groups in total. The number of hydrogen-bond acceptors (Lipinski definition) is 5. The highest BCUT2D eigenvalue weighted by Crippen LogP contribution is 2.44. The van der Waals surface area contributed by atoms with Gasteiger partial charge in [0.25, 0.3) is 11.7 Å². The summed E-state index contributed by atoms with van der Waals surface area (Å²) in [6.45, 7) is 4.05. The monoisotopic (exact) mass is 485 g/mol. The predicted molar refractivity (Wildman–Crippen MR) is 125 cm³/mol. The third-order valence-electron chi connectivity index (χ3n) is 5.67. The Bertz CT molecular complexity index is 1280. The van der Waals surface area contributed by atoms with Crippen molar-refractivity contribution >= 4 is 40.7 Å². The standard InChI is InChI=1S/C25H21Cl2NO5/c1-13-6-7-14(2)15(9-13)12-28-21(19-5-4-8-33-19)20(23(30)25(28)31)22(29)17-10-16(26)11-18(27)24(17)32-3/h4-11,21,29H,12H2,1-3H3/b22-20-. The average molecular weight is 486 g/mol. The lowest BCUT2D eigenvalue weighted by Gasteiger charge is -2.24. The molecule has 4 rings (SSSR count). The van der Waals surface area contributed by atoms with Gasteiger partial charge in [0.05, 0.1) is 29.5 Å². The number of aliphatic hydroxyl groups excluding tert-OH is 1. The van der Waals surface area contributed by atoms with Gasteiger partial charge in [-0.3, -0.25) is 9.59 Å². The molecule has 1 atom stereocenters. The molecule has 8 heteroatoms. The summed E-state index contributed by atoms with van der Waals surface area (Å²) >= 11 is 12.4. The molecule has 0 aliphatic carbocycles. The zero-order valence-corrected chi connectivity index (χ0v) is 19.7. The Hall–Kier alpha value is -3.22. The Morgan fingerprint density at radius 2 is 1.91 bits per heavy atom. The van der Waals surface area contributed by atoms with E-state index in [2.05, 4.69) is 0 Å². The molecule has 0 radical (unpaired) electrons. The zero-order chi connectivity index (χ0) is 23.9. The molecule has 170 valence electrons. The molecule has 1 aliphatic heterocycles. The van der Waals surface area contributed by atoms with Crippen molar-refractivity contribution in [3.63, 3.8) is 0 Å². The summed E-state index contributed by atoms with van der Waals surface area (Å²) in [7, 11) is 1.38. The highest BCUT2D eigenvalue weighted by atomic mass is 35.5. The van der Waals surface area contributed by atoms with E-state index < -0.39 is 23.5 Å². The van der Waals surface area contributed by atoms with Crippen LogP contribution in [0, 0.1) is 13.8 Å². The quantitative estimate of drug-likeness (QED) is 0.279. The van der Waals surface area contributed by atoms with Crippen molar-refractivity contribution in [1.29, 1.82) is 0 Å². The van der Waals surface area contributed by atoms with Crippen LogP contribution >= 0.6 is 23.2 Å². The number of carbonyl (C=O) groups is 2. The summed E-state index contributed by atoms with van der Waals surface area (Å²) in [5, 5.41) is 11.7. The molecule has 3 aromatic rings. The van der Waals surface area contributed by atoms with E-state index in [1.807, 2.05) is 32.0 Å². The van der Waals surface area contributed by atoms with Crippen molar-refractivity contribution in [2.45, 2.75) is 26.4 Å². The SMILES string of the molecule is COc1c(Cl)cc(Cl)cc1/C(O)=C1/C(=O)C(=O)N(Cc2cc(C)ccc2C)C1c1ccco1. The first-order valence-corrected chi connectivity index (χ1v) is 10.9. The highest BCUT2D eigenvalue weighted by Gasteiger charge is 2.47. The minimum absolute atomic E-state index is 0.108. The summed E-state index contributed by atoms with van der Waals surface area (Å²) in [5.74, 6) is -1.55. The van der Waals surface area contributed by atoms with Crippen molar-refractivity contribution in [1.82, 2.24) is 4.90 Å². The van der Waals surface area contributed by atoms with Gasteiger partial charge in [-0.2, -0.15) is 0 Å². The van der Waals surface area contributed by atoms with Gasteiger partial charge in [-0.1, -0.05) is 47.0 Å². The molecule has 0 spiro atoms. The van der Waals surface area contributed by atoms with Crippen LogP contribution in [-0.2, 0) is 16.1 Å². The molecule has 1 aromatic heterocycles. The molecule has 0 saturated carbocycles. The fourth-order valence-electron chi connectivity index (χ4n) is 4.03. The van der Waals surface area contributed by atoms with Crippen molar-refractivity contribution in [3.05, 3.63) is 92.4 Å². The van der Waals surface area contributed by atoms with Crippen LogP contribution in [0.15, 0.2) is 58.7 Å². The van der Waals surface area contributed by atoms with Gasteiger partial charge in [-0.15, -0.1) is 0 Å². The molecule has 1 fully saturated rings. The van der Waals surface area contributed by atoms with E-state index in [-0.39, 0.29) is 33.5 Å². The predicted octanol–water partition coefficient (Wildman–Crippen LogP) is 5.83. The number of nitrogens with zero attached hydrogens (tertiary/aromatic N) is 1. The van der Waals surface area contributed by atoms with E-state index in [4.69, 9.17) is 32.4 Å². The van der Waals surface area contributed by atoms with Crippen LogP contribution < -0.4 is 4.74 Å². The molecule has 2 aromatic carbocycles. The van der Waals surface area contributed by atoms with Crippen LogP contribution in [-0.4, -0.2) is 28.8 Å². The third kappa shape index (κ3) is 4.12. The Morgan fingerprint density at radius 3 is 2.58 bits per heavy atom. The second-order valence-corrected chi connectivity index (χ2v) is 8.68. The second-order valence-electron chi connectivity index (χ2n) is 7.84. The first kappa shape index (κ1) is 23.0. The van der Waals surface area contributed by atoms with Gasteiger partial charge < -0.3 is 19.2 Å². The summed E-state index contributed by atoms with van der Waals surface area (Å²) in [4.78, 5) is 27.7. The van der Waals surface area contributed by atoms with Crippen LogP contribution in [0.1, 0.15) is 34.1 Å². The number of ether oxygens (including phenoxy) is 1. The van der Waals surface area contributed by atoms with Gasteiger partial charge >= 0.3 is 0 Å². The van der Waals surface area contributed by atoms with Crippen molar-refractivity contribution in [2.24, 2.45) is 0 Å². The third-order valence-corrected chi connectivity index (χ3v) is 6.16. The number of furan rings is 1. The number of hydrogen-bond donors (Lipinski definition) is 1. The van der Waals surface area contributed by atoms with Crippen LogP contribution in [0.4, 0.5) is 0 Å². The minimum Gasteiger partial charge on any atom is -0.507 e. The largest absolute Gasteiger partial charge is 0.507 e. The van der Waals surface area contributed by atoms with Crippen LogP contribution in [0.5, 0.6) is 5.75 Å². The summed E-state index contributed by atoms with van der Waals surface area (Å²) in [6, 6.07) is 11.2.